The largest absolute Gasteiger partial charge is 0.323 e. The molecule has 0 aliphatic carbocycles. The fraction of sp³-hybridized carbons (Fsp3) is 0.133. The van der Waals surface area contributed by atoms with Gasteiger partial charge in [-0.3, -0.25) is 14.9 Å². The Kier molecular flexibility index (Phi) is 5.52. The van der Waals surface area contributed by atoms with Crippen LogP contribution < -0.4 is 5.32 Å². The molecule has 0 unspecified atom stereocenters. The first-order chi connectivity index (χ1) is 10.9. The molecule has 0 fully saturated rings. The van der Waals surface area contributed by atoms with Crippen molar-refractivity contribution < 1.29 is 14.1 Å². The summed E-state index contributed by atoms with van der Waals surface area (Å²) in [5.74, 6) is -1.23. The first kappa shape index (κ1) is 17.2. The molecule has 0 spiro atoms. The minimum absolute atomic E-state index is 0.0300. The SMILES string of the molecule is O=C(CCc1cccc(Cl)c1Cl)Nc1cc([N+](=O)[O-])ccc1F. The summed E-state index contributed by atoms with van der Waals surface area (Å²) in [6.07, 6.45) is 0.337. The van der Waals surface area contributed by atoms with Crippen LogP contribution in [-0.2, 0) is 11.2 Å². The van der Waals surface area contributed by atoms with Crippen molar-refractivity contribution in [2.45, 2.75) is 12.8 Å². The zero-order chi connectivity index (χ0) is 17.0. The van der Waals surface area contributed by atoms with Crippen LogP contribution in [0.1, 0.15) is 12.0 Å². The third-order valence-corrected chi connectivity index (χ3v) is 3.95. The van der Waals surface area contributed by atoms with Gasteiger partial charge >= 0.3 is 0 Å². The maximum atomic E-state index is 13.6. The number of nitrogens with one attached hydrogen (secondary N) is 1. The van der Waals surface area contributed by atoms with E-state index in [0.717, 1.165) is 18.2 Å². The number of aryl methyl sites for hydroxylation is 1. The lowest BCUT2D eigenvalue weighted by molar-refractivity contribution is -0.384. The molecule has 0 aromatic heterocycles. The van der Waals surface area contributed by atoms with Gasteiger partial charge in [-0.2, -0.15) is 0 Å². The van der Waals surface area contributed by atoms with Crippen molar-refractivity contribution in [3.05, 3.63) is 67.9 Å². The van der Waals surface area contributed by atoms with E-state index >= 15 is 0 Å². The number of rotatable bonds is 5. The standard InChI is InChI=1S/C15H11Cl2FN2O3/c16-11-3-1-2-9(15(11)17)4-7-14(21)19-13-8-10(20(22)23)5-6-12(13)18/h1-3,5-6,8H,4,7H2,(H,19,21). The summed E-state index contributed by atoms with van der Waals surface area (Å²) in [5, 5.41) is 13.7. The van der Waals surface area contributed by atoms with E-state index in [0.29, 0.717) is 22.0 Å². The van der Waals surface area contributed by atoms with Gasteiger partial charge in [-0.05, 0) is 24.1 Å². The Balaban J connectivity index is 2.04. The van der Waals surface area contributed by atoms with Gasteiger partial charge in [0.25, 0.3) is 5.69 Å². The number of benzene rings is 2. The molecule has 0 heterocycles. The van der Waals surface area contributed by atoms with Crippen LogP contribution >= 0.6 is 23.2 Å². The quantitative estimate of drug-likeness (QED) is 0.627. The number of carbonyl (C=O) groups is 1. The Morgan fingerprint density at radius 3 is 2.70 bits per heavy atom. The highest BCUT2D eigenvalue weighted by Crippen LogP contribution is 2.26. The van der Waals surface area contributed by atoms with Gasteiger partial charge in [0, 0.05) is 18.6 Å². The molecule has 120 valence electrons. The number of carbonyl (C=O) groups excluding carboxylic acids is 1. The van der Waals surface area contributed by atoms with E-state index in [1.165, 1.54) is 0 Å². The first-order valence-corrected chi connectivity index (χ1v) is 7.30. The predicted molar refractivity (Wildman–Crippen MR) is 86.5 cm³/mol. The highest BCUT2D eigenvalue weighted by molar-refractivity contribution is 6.42. The molecular weight excluding hydrogens is 346 g/mol. The lowest BCUT2D eigenvalue weighted by Crippen LogP contribution is -2.13. The maximum absolute atomic E-state index is 13.6. The topological polar surface area (TPSA) is 72.2 Å². The van der Waals surface area contributed by atoms with Crippen LogP contribution in [0.3, 0.4) is 0 Å². The van der Waals surface area contributed by atoms with Gasteiger partial charge in [-0.15, -0.1) is 0 Å². The summed E-state index contributed by atoms with van der Waals surface area (Å²) in [6.45, 7) is 0. The zero-order valence-electron chi connectivity index (χ0n) is 11.7. The normalized spacial score (nSPS) is 10.4. The molecule has 0 saturated heterocycles. The van der Waals surface area contributed by atoms with Crippen molar-refractivity contribution in [3.63, 3.8) is 0 Å². The van der Waals surface area contributed by atoms with Crippen LogP contribution in [0, 0.1) is 15.9 Å². The Morgan fingerprint density at radius 1 is 1.26 bits per heavy atom. The molecule has 0 radical (unpaired) electrons. The van der Waals surface area contributed by atoms with Crippen molar-refractivity contribution in [1.29, 1.82) is 0 Å². The third kappa shape index (κ3) is 4.40. The number of nitro benzene ring substituents is 1. The summed E-state index contributed by atoms with van der Waals surface area (Å²) in [7, 11) is 0. The van der Waals surface area contributed by atoms with Crippen LogP contribution in [0.25, 0.3) is 0 Å². The molecule has 1 amide bonds. The fourth-order valence-electron chi connectivity index (χ4n) is 1.93. The van der Waals surface area contributed by atoms with E-state index in [2.05, 4.69) is 5.32 Å². The van der Waals surface area contributed by atoms with Crippen LogP contribution in [0.15, 0.2) is 36.4 Å². The van der Waals surface area contributed by atoms with Crippen LogP contribution in [-0.4, -0.2) is 10.8 Å². The number of halogens is 3. The summed E-state index contributed by atoms with van der Waals surface area (Å²) < 4.78 is 13.6. The molecule has 8 heteroatoms. The second kappa shape index (κ2) is 7.39. The van der Waals surface area contributed by atoms with Crippen molar-refractivity contribution >= 4 is 40.5 Å². The molecule has 0 aliphatic rings. The van der Waals surface area contributed by atoms with Gasteiger partial charge in [0.1, 0.15) is 5.82 Å². The highest BCUT2D eigenvalue weighted by Gasteiger charge is 2.14. The van der Waals surface area contributed by atoms with E-state index in [-0.39, 0.29) is 17.8 Å². The van der Waals surface area contributed by atoms with Crippen LogP contribution in [0.5, 0.6) is 0 Å². The lowest BCUT2D eigenvalue weighted by Gasteiger charge is -2.08. The number of anilines is 1. The predicted octanol–water partition coefficient (Wildman–Crippen LogP) is 4.61. The number of hydrogen-bond acceptors (Lipinski definition) is 3. The molecule has 0 saturated carbocycles. The molecule has 2 aromatic carbocycles. The number of nitrogens with zero attached hydrogens (tertiary/aromatic N) is 1. The molecular formula is C15H11Cl2FN2O3. The minimum Gasteiger partial charge on any atom is -0.323 e. The third-order valence-electron chi connectivity index (χ3n) is 3.09. The molecule has 0 atom stereocenters. The van der Waals surface area contributed by atoms with Gasteiger partial charge in [0.15, 0.2) is 0 Å². The van der Waals surface area contributed by atoms with E-state index < -0.39 is 16.6 Å². The second-order valence-electron chi connectivity index (χ2n) is 4.68. The van der Waals surface area contributed by atoms with E-state index in [1.54, 1.807) is 18.2 Å². The lowest BCUT2D eigenvalue weighted by atomic mass is 10.1. The monoisotopic (exact) mass is 356 g/mol. The Bertz CT molecular complexity index is 768. The van der Waals surface area contributed by atoms with Crippen molar-refractivity contribution in [1.82, 2.24) is 0 Å². The average molecular weight is 357 g/mol. The van der Waals surface area contributed by atoms with Crippen LogP contribution in [0.4, 0.5) is 15.8 Å². The molecule has 23 heavy (non-hydrogen) atoms. The van der Waals surface area contributed by atoms with Gasteiger partial charge in [0.05, 0.1) is 20.7 Å². The number of nitro groups is 1. The minimum atomic E-state index is -0.746. The van der Waals surface area contributed by atoms with Crippen molar-refractivity contribution in [2.24, 2.45) is 0 Å². The van der Waals surface area contributed by atoms with Gasteiger partial charge in [-0.1, -0.05) is 35.3 Å². The molecule has 2 aromatic rings. The smallest absolute Gasteiger partial charge is 0.271 e. The molecule has 0 bridgehead atoms. The van der Waals surface area contributed by atoms with Crippen molar-refractivity contribution in [2.75, 3.05) is 5.32 Å². The van der Waals surface area contributed by atoms with Crippen LogP contribution in [0.2, 0.25) is 10.0 Å². The fourth-order valence-corrected chi connectivity index (χ4v) is 2.34. The van der Waals surface area contributed by atoms with Gasteiger partial charge in [0.2, 0.25) is 5.91 Å². The highest BCUT2D eigenvalue weighted by atomic mass is 35.5. The Labute approximate surface area is 141 Å². The Hall–Kier alpha value is -2.18. The Morgan fingerprint density at radius 2 is 2.00 bits per heavy atom. The maximum Gasteiger partial charge on any atom is 0.271 e. The molecule has 5 nitrogen and oxygen atoms in total. The van der Waals surface area contributed by atoms with E-state index in [4.69, 9.17) is 23.2 Å². The summed E-state index contributed by atoms with van der Waals surface area (Å²) >= 11 is 11.9. The second-order valence-corrected chi connectivity index (χ2v) is 5.47. The van der Waals surface area contributed by atoms with Gasteiger partial charge in [-0.25, -0.2) is 4.39 Å². The van der Waals surface area contributed by atoms with Crippen molar-refractivity contribution in [3.8, 4) is 0 Å². The summed E-state index contributed by atoms with van der Waals surface area (Å²) in [5.41, 5.74) is 0.148. The molecule has 1 N–H and O–H groups in total. The number of amides is 1. The number of non-ortho nitro benzene ring substituents is 1. The summed E-state index contributed by atoms with van der Waals surface area (Å²) in [6, 6.07) is 8.00. The van der Waals surface area contributed by atoms with E-state index in [9.17, 15) is 19.3 Å². The van der Waals surface area contributed by atoms with Gasteiger partial charge < -0.3 is 5.32 Å². The molecule has 2 rings (SSSR count). The first-order valence-electron chi connectivity index (χ1n) is 6.55. The van der Waals surface area contributed by atoms with E-state index in [1.807, 2.05) is 0 Å². The number of hydrogen-bond donors (Lipinski definition) is 1. The summed E-state index contributed by atoms with van der Waals surface area (Å²) in [4.78, 5) is 21.9. The average Bonchev–Trinajstić information content (AvgIpc) is 2.50. The molecule has 0 aliphatic heterocycles. The zero-order valence-corrected chi connectivity index (χ0v) is 13.2.